The summed E-state index contributed by atoms with van der Waals surface area (Å²) in [6.45, 7) is 1.40. The van der Waals surface area contributed by atoms with E-state index in [9.17, 15) is 14.4 Å². The van der Waals surface area contributed by atoms with Crippen molar-refractivity contribution < 1.29 is 14.4 Å². The Kier molecular flexibility index (Phi) is 2.28. The number of fused-ring (bicyclic) bond motifs is 2. The third kappa shape index (κ3) is 1.32. The number of thiophene rings is 1. The fourth-order valence-electron chi connectivity index (χ4n) is 2.15. The van der Waals surface area contributed by atoms with Crippen molar-refractivity contribution in [1.82, 2.24) is 0 Å². The van der Waals surface area contributed by atoms with Gasteiger partial charge in [-0.05, 0) is 6.92 Å². The summed E-state index contributed by atoms with van der Waals surface area (Å²) in [5.74, 6) is -0.586. The quantitative estimate of drug-likeness (QED) is 0.629. The summed E-state index contributed by atoms with van der Waals surface area (Å²) in [7, 11) is 0. The highest BCUT2D eigenvalue weighted by molar-refractivity contribution is 7.13. The highest BCUT2D eigenvalue weighted by Crippen LogP contribution is 2.33. The number of benzene rings is 1. The Balaban J connectivity index is 2.33. The minimum absolute atomic E-state index is 0.169. The Morgan fingerprint density at radius 3 is 2.28 bits per heavy atom. The average Bonchev–Trinajstić information content (AvgIpc) is 2.81. The second-order valence-electron chi connectivity index (χ2n) is 4.11. The minimum atomic E-state index is -0.230. The van der Waals surface area contributed by atoms with Gasteiger partial charge in [0.25, 0.3) is 0 Å². The van der Waals surface area contributed by atoms with Crippen LogP contribution in [0.25, 0.3) is 0 Å². The molecule has 2 aromatic rings. The van der Waals surface area contributed by atoms with Gasteiger partial charge in [0.15, 0.2) is 11.6 Å². The third-order valence-electron chi connectivity index (χ3n) is 3.02. The fourth-order valence-corrected chi connectivity index (χ4v) is 3.20. The molecular formula is C14H8O3S. The first-order valence-electron chi connectivity index (χ1n) is 5.42. The zero-order chi connectivity index (χ0) is 12.9. The maximum absolute atomic E-state index is 12.3. The minimum Gasteiger partial charge on any atom is -0.294 e. The molecule has 0 radical (unpaired) electrons. The summed E-state index contributed by atoms with van der Waals surface area (Å²) < 4.78 is 0. The summed E-state index contributed by atoms with van der Waals surface area (Å²) in [5.41, 5.74) is 1.43. The molecule has 1 heterocycles. The summed E-state index contributed by atoms with van der Waals surface area (Å²) in [4.78, 5) is 36.4. The van der Waals surface area contributed by atoms with Crippen LogP contribution in [0.3, 0.4) is 0 Å². The van der Waals surface area contributed by atoms with Crippen LogP contribution in [0, 0.1) is 0 Å². The molecule has 18 heavy (non-hydrogen) atoms. The van der Waals surface area contributed by atoms with Gasteiger partial charge < -0.3 is 0 Å². The Bertz CT molecular complexity index is 710. The van der Waals surface area contributed by atoms with E-state index in [-0.39, 0.29) is 22.9 Å². The van der Waals surface area contributed by atoms with E-state index in [2.05, 4.69) is 0 Å². The molecule has 1 aromatic carbocycles. The molecule has 0 unspecified atom stereocenters. The molecule has 88 valence electrons. The highest BCUT2D eigenvalue weighted by Gasteiger charge is 2.33. The Hall–Kier alpha value is -2.07. The molecule has 0 aliphatic heterocycles. The molecule has 0 bridgehead atoms. The lowest BCUT2D eigenvalue weighted by atomic mass is 9.87. The number of carbonyl (C=O) groups excluding carboxylic acids is 3. The number of rotatable bonds is 1. The van der Waals surface area contributed by atoms with Crippen molar-refractivity contribution in [2.24, 2.45) is 0 Å². The average molecular weight is 256 g/mol. The van der Waals surface area contributed by atoms with Crippen molar-refractivity contribution >= 4 is 28.7 Å². The van der Waals surface area contributed by atoms with E-state index < -0.39 is 0 Å². The lowest BCUT2D eigenvalue weighted by Crippen LogP contribution is -2.20. The molecular weight excluding hydrogens is 248 g/mol. The van der Waals surface area contributed by atoms with E-state index in [1.165, 1.54) is 6.92 Å². The summed E-state index contributed by atoms with van der Waals surface area (Å²) >= 11 is 1.16. The smallest absolute Gasteiger partial charge is 0.204 e. The van der Waals surface area contributed by atoms with Crippen LogP contribution >= 0.6 is 11.3 Å². The molecule has 3 rings (SSSR count). The molecule has 1 aliphatic rings. The van der Waals surface area contributed by atoms with Crippen LogP contribution in [-0.2, 0) is 0 Å². The number of hydrogen-bond donors (Lipinski definition) is 0. The molecule has 0 atom stereocenters. The van der Waals surface area contributed by atoms with E-state index in [1.54, 1.807) is 29.6 Å². The molecule has 0 spiro atoms. The van der Waals surface area contributed by atoms with Gasteiger partial charge in [-0.25, -0.2) is 0 Å². The number of ketones is 3. The maximum Gasteiger partial charge on any atom is 0.204 e. The largest absolute Gasteiger partial charge is 0.294 e. The first-order chi connectivity index (χ1) is 8.61. The van der Waals surface area contributed by atoms with E-state index >= 15 is 0 Å². The van der Waals surface area contributed by atoms with Gasteiger partial charge in [-0.3, -0.25) is 14.4 Å². The molecule has 4 heteroatoms. The molecule has 0 saturated heterocycles. The van der Waals surface area contributed by atoms with E-state index in [0.717, 1.165) is 11.3 Å². The van der Waals surface area contributed by atoms with Gasteiger partial charge in [0.2, 0.25) is 5.78 Å². The zero-order valence-corrected chi connectivity index (χ0v) is 10.3. The van der Waals surface area contributed by atoms with Crippen molar-refractivity contribution in [2.75, 3.05) is 0 Å². The first-order valence-corrected chi connectivity index (χ1v) is 6.30. The summed E-state index contributed by atoms with van der Waals surface area (Å²) in [5, 5.41) is 1.59. The lowest BCUT2D eigenvalue weighted by molar-refractivity contribution is 0.0971. The monoisotopic (exact) mass is 256 g/mol. The van der Waals surface area contributed by atoms with Gasteiger partial charge in [-0.15, -0.1) is 11.3 Å². The predicted octanol–water partition coefficient (Wildman–Crippen LogP) is 2.73. The topological polar surface area (TPSA) is 51.2 Å². The van der Waals surface area contributed by atoms with E-state index in [4.69, 9.17) is 0 Å². The van der Waals surface area contributed by atoms with Crippen molar-refractivity contribution in [3.05, 3.63) is 56.8 Å². The summed E-state index contributed by atoms with van der Waals surface area (Å²) in [6, 6.07) is 6.72. The van der Waals surface area contributed by atoms with Gasteiger partial charge in [-0.2, -0.15) is 0 Å². The van der Waals surface area contributed by atoms with Gasteiger partial charge in [-0.1, -0.05) is 24.3 Å². The Morgan fingerprint density at radius 1 is 1.06 bits per heavy atom. The molecule has 0 amide bonds. The zero-order valence-electron chi connectivity index (χ0n) is 9.52. The van der Waals surface area contributed by atoms with Crippen molar-refractivity contribution in [1.29, 1.82) is 0 Å². The number of carbonyl (C=O) groups is 3. The van der Waals surface area contributed by atoms with Gasteiger partial charge >= 0.3 is 0 Å². The molecule has 0 N–H and O–H groups in total. The van der Waals surface area contributed by atoms with E-state index in [0.29, 0.717) is 21.6 Å². The Morgan fingerprint density at radius 2 is 1.67 bits per heavy atom. The van der Waals surface area contributed by atoms with Crippen LogP contribution in [0.15, 0.2) is 29.6 Å². The van der Waals surface area contributed by atoms with Gasteiger partial charge in [0.1, 0.15) is 0 Å². The number of hydrogen-bond acceptors (Lipinski definition) is 4. The highest BCUT2D eigenvalue weighted by atomic mass is 32.1. The first kappa shape index (κ1) is 11.0. The molecule has 0 fully saturated rings. The van der Waals surface area contributed by atoms with Gasteiger partial charge in [0, 0.05) is 22.1 Å². The van der Waals surface area contributed by atoms with Crippen molar-refractivity contribution in [3.8, 4) is 0 Å². The standard InChI is InChI=1S/C14H8O3S/c1-7(15)10-6-18-14-11(10)12(16)8-4-2-3-5-9(8)13(14)17/h2-6H,1H3. The van der Waals surface area contributed by atoms with Gasteiger partial charge in [0.05, 0.1) is 10.4 Å². The third-order valence-corrected chi connectivity index (χ3v) is 4.00. The van der Waals surface area contributed by atoms with E-state index in [1.807, 2.05) is 0 Å². The Labute approximate surface area is 107 Å². The normalized spacial score (nSPS) is 13.2. The summed E-state index contributed by atoms with van der Waals surface area (Å²) in [6.07, 6.45) is 0. The van der Waals surface area contributed by atoms with Crippen LogP contribution < -0.4 is 0 Å². The van der Waals surface area contributed by atoms with Crippen LogP contribution in [0.2, 0.25) is 0 Å². The number of Topliss-reactive ketones (excluding diaryl/α,β-unsaturated/α-hetero) is 1. The second kappa shape index (κ2) is 3.71. The molecule has 3 nitrogen and oxygen atoms in total. The fraction of sp³-hybridized carbons (Fsp3) is 0.0714. The van der Waals surface area contributed by atoms with Crippen LogP contribution in [0.1, 0.15) is 48.4 Å². The van der Waals surface area contributed by atoms with Crippen molar-refractivity contribution in [2.45, 2.75) is 6.92 Å². The predicted molar refractivity (Wildman–Crippen MR) is 67.6 cm³/mol. The lowest BCUT2D eigenvalue weighted by Gasteiger charge is -2.14. The molecule has 0 saturated carbocycles. The molecule has 1 aliphatic carbocycles. The maximum atomic E-state index is 12.3. The SMILES string of the molecule is CC(=O)c1csc2c1C(=O)c1ccccc1C2=O. The van der Waals surface area contributed by atoms with Crippen LogP contribution in [0.4, 0.5) is 0 Å². The van der Waals surface area contributed by atoms with Crippen molar-refractivity contribution in [3.63, 3.8) is 0 Å². The van der Waals surface area contributed by atoms with Crippen LogP contribution in [0.5, 0.6) is 0 Å². The van der Waals surface area contributed by atoms with Crippen LogP contribution in [-0.4, -0.2) is 17.3 Å². The molecule has 1 aromatic heterocycles. The second-order valence-corrected chi connectivity index (χ2v) is 4.99.